The molecule has 1 heterocycles. The van der Waals surface area contributed by atoms with Gasteiger partial charge in [0.15, 0.2) is 0 Å². The van der Waals surface area contributed by atoms with Crippen LogP contribution in [0.25, 0.3) is 5.57 Å². The minimum absolute atomic E-state index is 0.526. The Hall–Kier alpha value is -1.29. The van der Waals surface area contributed by atoms with E-state index in [0.29, 0.717) is 11.5 Å². The highest BCUT2D eigenvalue weighted by Gasteiger charge is 1.97. The normalized spacial score (nSPS) is 12.3. The summed E-state index contributed by atoms with van der Waals surface area (Å²) in [5.74, 6) is 0.526. The van der Waals surface area contributed by atoms with Crippen LogP contribution in [0.2, 0.25) is 0 Å². The lowest BCUT2D eigenvalue weighted by molar-refractivity contribution is 0.543. The molecule has 1 rings (SSSR count). The fourth-order valence-corrected chi connectivity index (χ4v) is 0.904. The molecular weight excluding hydrogens is 196 g/mol. The molecule has 0 N–H and O–H groups in total. The van der Waals surface area contributed by atoms with Crippen LogP contribution < -0.4 is 0 Å². The number of allylic oxidation sites excluding steroid dienone is 2. The van der Waals surface area contributed by atoms with Gasteiger partial charge in [0.1, 0.15) is 6.26 Å². The Morgan fingerprint density at radius 1 is 1.71 bits per heavy atom. The third kappa shape index (κ3) is 3.22. The zero-order valence-corrected chi connectivity index (χ0v) is 9.04. The lowest BCUT2D eigenvalue weighted by Crippen LogP contribution is -1.79. The van der Waals surface area contributed by atoms with Crippen LogP contribution in [0.15, 0.2) is 40.7 Å². The summed E-state index contributed by atoms with van der Waals surface area (Å²) in [5.41, 5.74) is 0.715. The molecule has 0 fully saturated rings. The molecule has 0 bridgehead atoms. The molecule has 4 heteroatoms. The van der Waals surface area contributed by atoms with Gasteiger partial charge in [-0.1, -0.05) is 6.58 Å². The van der Waals surface area contributed by atoms with Gasteiger partial charge in [-0.3, -0.25) is 4.99 Å². The molecule has 74 valence electrons. The summed E-state index contributed by atoms with van der Waals surface area (Å²) in [7, 11) is 0. The first-order valence-corrected chi connectivity index (χ1v) is 5.30. The monoisotopic (exact) mass is 208 g/mol. The number of thioether (sulfide) groups is 1. The number of rotatable bonds is 3. The Morgan fingerprint density at radius 3 is 3.07 bits per heavy atom. The van der Waals surface area contributed by atoms with Crippen molar-refractivity contribution < 1.29 is 4.42 Å². The summed E-state index contributed by atoms with van der Waals surface area (Å²) in [6, 6.07) is 0. The van der Waals surface area contributed by atoms with Gasteiger partial charge in [-0.05, 0) is 19.3 Å². The van der Waals surface area contributed by atoms with E-state index in [1.807, 2.05) is 13.2 Å². The van der Waals surface area contributed by atoms with Crippen molar-refractivity contribution >= 4 is 22.4 Å². The zero-order valence-electron chi connectivity index (χ0n) is 8.23. The van der Waals surface area contributed by atoms with Crippen molar-refractivity contribution in [2.45, 2.75) is 6.92 Å². The van der Waals surface area contributed by atoms with Crippen LogP contribution in [0, 0.1) is 0 Å². The molecule has 0 aliphatic carbocycles. The minimum Gasteiger partial charge on any atom is -0.445 e. The smallest absolute Gasteiger partial charge is 0.225 e. The average Bonchev–Trinajstić information content (AvgIpc) is 2.70. The van der Waals surface area contributed by atoms with Crippen LogP contribution in [-0.4, -0.2) is 16.3 Å². The Bertz CT molecular complexity index is 352. The summed E-state index contributed by atoms with van der Waals surface area (Å²) in [5, 5.41) is 1.00. The second-order valence-corrected chi connectivity index (χ2v) is 3.53. The molecule has 0 aliphatic rings. The zero-order chi connectivity index (χ0) is 10.4. The molecule has 0 spiro atoms. The second-order valence-electron chi connectivity index (χ2n) is 2.53. The van der Waals surface area contributed by atoms with Crippen LogP contribution in [-0.2, 0) is 0 Å². The van der Waals surface area contributed by atoms with Gasteiger partial charge in [0.25, 0.3) is 0 Å². The minimum atomic E-state index is 0.526. The number of nitrogens with zero attached hydrogens (tertiary/aromatic N) is 2. The Kier molecular flexibility index (Phi) is 4.19. The lowest BCUT2D eigenvalue weighted by atomic mass is 10.3. The Morgan fingerprint density at radius 2 is 2.50 bits per heavy atom. The van der Waals surface area contributed by atoms with E-state index in [-0.39, 0.29) is 0 Å². The third-order valence-electron chi connectivity index (χ3n) is 1.53. The first kappa shape index (κ1) is 10.8. The summed E-state index contributed by atoms with van der Waals surface area (Å²) in [6.07, 6.45) is 8.55. The Labute approximate surface area is 87.6 Å². The highest BCUT2D eigenvalue weighted by Crippen LogP contribution is 2.10. The van der Waals surface area contributed by atoms with Crippen molar-refractivity contribution in [2.75, 3.05) is 6.26 Å². The van der Waals surface area contributed by atoms with Crippen LogP contribution >= 0.6 is 11.8 Å². The molecule has 0 saturated heterocycles. The summed E-state index contributed by atoms with van der Waals surface area (Å²) >= 11 is 1.60. The van der Waals surface area contributed by atoms with E-state index in [0.717, 1.165) is 5.04 Å². The van der Waals surface area contributed by atoms with E-state index in [2.05, 4.69) is 16.6 Å². The first-order valence-electron chi connectivity index (χ1n) is 4.07. The van der Waals surface area contributed by atoms with Gasteiger partial charge in [0, 0.05) is 11.8 Å². The molecule has 0 amide bonds. The summed E-state index contributed by atoms with van der Waals surface area (Å²) in [6.45, 7) is 5.75. The summed E-state index contributed by atoms with van der Waals surface area (Å²) < 4.78 is 5.06. The van der Waals surface area contributed by atoms with Crippen LogP contribution in [0.5, 0.6) is 0 Å². The van der Waals surface area contributed by atoms with Crippen molar-refractivity contribution in [2.24, 2.45) is 4.99 Å². The molecule has 0 aliphatic heterocycles. The van der Waals surface area contributed by atoms with E-state index < -0.39 is 0 Å². The van der Waals surface area contributed by atoms with Gasteiger partial charge in [-0.2, -0.15) is 0 Å². The van der Waals surface area contributed by atoms with E-state index in [4.69, 9.17) is 4.42 Å². The maximum absolute atomic E-state index is 5.06. The van der Waals surface area contributed by atoms with Gasteiger partial charge in [0.05, 0.1) is 11.2 Å². The highest BCUT2D eigenvalue weighted by molar-refractivity contribution is 8.13. The van der Waals surface area contributed by atoms with E-state index >= 15 is 0 Å². The van der Waals surface area contributed by atoms with Gasteiger partial charge in [-0.15, -0.1) is 11.8 Å². The average molecular weight is 208 g/mol. The van der Waals surface area contributed by atoms with E-state index in [1.165, 1.54) is 6.26 Å². The quantitative estimate of drug-likeness (QED) is 0.435. The molecule has 0 aromatic carbocycles. The predicted molar refractivity (Wildman–Crippen MR) is 61.3 cm³/mol. The van der Waals surface area contributed by atoms with Crippen molar-refractivity contribution in [3.63, 3.8) is 0 Å². The van der Waals surface area contributed by atoms with Gasteiger partial charge < -0.3 is 4.42 Å². The predicted octanol–water partition coefficient (Wildman–Crippen LogP) is 2.98. The van der Waals surface area contributed by atoms with E-state index in [1.54, 1.807) is 30.2 Å². The second kappa shape index (κ2) is 5.44. The SMILES string of the molecule is C=C(/C=C/N=C(C)SC)c1ncco1. The largest absolute Gasteiger partial charge is 0.445 e. The van der Waals surface area contributed by atoms with E-state index in [9.17, 15) is 0 Å². The number of aromatic nitrogens is 1. The van der Waals surface area contributed by atoms with Gasteiger partial charge >= 0.3 is 0 Å². The Balaban J connectivity index is 2.58. The standard InChI is InChI=1S/C10H12N2OS/c1-8(10-12-6-7-13-10)4-5-11-9(2)14-3/h4-7H,1H2,2-3H3/b5-4+,11-9?. The molecule has 1 aromatic rings. The topological polar surface area (TPSA) is 38.4 Å². The fraction of sp³-hybridized carbons (Fsp3) is 0.200. The molecule has 3 nitrogen and oxygen atoms in total. The lowest BCUT2D eigenvalue weighted by Gasteiger charge is -1.91. The number of oxazole rings is 1. The first-order chi connectivity index (χ1) is 6.74. The van der Waals surface area contributed by atoms with Crippen LogP contribution in [0.1, 0.15) is 12.8 Å². The summed E-state index contributed by atoms with van der Waals surface area (Å²) in [4.78, 5) is 8.12. The van der Waals surface area contributed by atoms with Crippen molar-refractivity contribution in [1.82, 2.24) is 4.98 Å². The maximum atomic E-state index is 5.06. The van der Waals surface area contributed by atoms with Crippen molar-refractivity contribution in [3.8, 4) is 0 Å². The number of hydrogen-bond acceptors (Lipinski definition) is 4. The van der Waals surface area contributed by atoms with Gasteiger partial charge in [0.2, 0.25) is 5.89 Å². The molecule has 0 saturated carbocycles. The fourth-order valence-electron chi connectivity index (χ4n) is 0.738. The molecule has 1 aromatic heterocycles. The number of hydrogen-bond donors (Lipinski definition) is 0. The van der Waals surface area contributed by atoms with Crippen molar-refractivity contribution in [1.29, 1.82) is 0 Å². The van der Waals surface area contributed by atoms with Crippen molar-refractivity contribution in [3.05, 3.63) is 37.2 Å². The van der Waals surface area contributed by atoms with Gasteiger partial charge in [-0.25, -0.2) is 4.98 Å². The molecular formula is C10H12N2OS. The molecule has 0 radical (unpaired) electrons. The van der Waals surface area contributed by atoms with Crippen LogP contribution in [0.4, 0.5) is 0 Å². The third-order valence-corrected chi connectivity index (χ3v) is 2.23. The maximum Gasteiger partial charge on any atom is 0.225 e. The van der Waals surface area contributed by atoms with Crippen LogP contribution in [0.3, 0.4) is 0 Å². The number of aliphatic imine (C=N–C) groups is 1. The highest BCUT2D eigenvalue weighted by atomic mass is 32.2. The molecule has 0 atom stereocenters. The molecule has 14 heavy (non-hydrogen) atoms. The molecule has 0 unspecified atom stereocenters.